The molecule has 1 unspecified atom stereocenters. The molecule has 2 aromatic carbocycles. The number of fused-ring (bicyclic) bond motifs is 1. The first kappa shape index (κ1) is 18.1. The van der Waals surface area contributed by atoms with Crippen LogP contribution in [0.25, 0.3) is 0 Å². The predicted octanol–water partition coefficient (Wildman–Crippen LogP) is 2.57. The number of ketones is 1. The normalized spacial score (nSPS) is 16.2. The molecule has 0 heterocycles. The van der Waals surface area contributed by atoms with Gasteiger partial charge in [0.2, 0.25) is 0 Å². The number of carbonyl (C=O) groups excluding carboxylic acids is 2. The molecule has 0 spiro atoms. The molecule has 1 aliphatic rings. The van der Waals surface area contributed by atoms with E-state index in [0.717, 1.165) is 11.1 Å². The minimum atomic E-state index is -3.95. The van der Waals surface area contributed by atoms with E-state index >= 15 is 0 Å². The number of rotatable bonds is 5. The zero-order chi connectivity index (χ0) is 18.9. The van der Waals surface area contributed by atoms with Crippen molar-refractivity contribution in [1.82, 2.24) is 4.72 Å². The van der Waals surface area contributed by atoms with Gasteiger partial charge in [0.05, 0.1) is 10.5 Å². The van der Waals surface area contributed by atoms with Gasteiger partial charge in [-0.3, -0.25) is 9.59 Å². The van der Waals surface area contributed by atoms with Crippen LogP contribution >= 0.6 is 0 Å². The number of hydrogen-bond donors (Lipinski definition) is 1. The SMILES string of the molecule is Cc1ccc(OCC(=O)NS(=O)(=O)c2ccccc2)c2c1C(C)CC2=O. The van der Waals surface area contributed by atoms with Crippen LogP contribution in [0.5, 0.6) is 5.75 Å². The van der Waals surface area contributed by atoms with Gasteiger partial charge in [0.25, 0.3) is 15.9 Å². The van der Waals surface area contributed by atoms with Gasteiger partial charge in [0, 0.05) is 6.42 Å². The molecule has 1 N–H and O–H groups in total. The van der Waals surface area contributed by atoms with Crippen molar-refractivity contribution in [3.63, 3.8) is 0 Å². The van der Waals surface area contributed by atoms with E-state index in [1.54, 1.807) is 24.3 Å². The lowest BCUT2D eigenvalue weighted by Crippen LogP contribution is -2.34. The highest BCUT2D eigenvalue weighted by molar-refractivity contribution is 7.90. The van der Waals surface area contributed by atoms with Gasteiger partial charge in [-0.2, -0.15) is 0 Å². The highest BCUT2D eigenvalue weighted by atomic mass is 32.2. The van der Waals surface area contributed by atoms with Gasteiger partial charge in [-0.15, -0.1) is 0 Å². The molecule has 1 aliphatic carbocycles. The molecule has 136 valence electrons. The summed E-state index contributed by atoms with van der Waals surface area (Å²) in [5.41, 5.74) is 2.43. The van der Waals surface area contributed by atoms with Crippen molar-refractivity contribution in [2.75, 3.05) is 6.61 Å². The second kappa shape index (κ2) is 6.92. The summed E-state index contributed by atoms with van der Waals surface area (Å²) in [6.07, 6.45) is 0.408. The maximum Gasteiger partial charge on any atom is 0.271 e. The quantitative estimate of drug-likeness (QED) is 0.870. The van der Waals surface area contributed by atoms with Gasteiger partial charge in [0.1, 0.15) is 5.75 Å². The largest absolute Gasteiger partial charge is 0.483 e. The van der Waals surface area contributed by atoms with Crippen LogP contribution in [0.1, 0.15) is 40.7 Å². The van der Waals surface area contributed by atoms with Crippen LogP contribution in [0, 0.1) is 6.92 Å². The third kappa shape index (κ3) is 3.48. The number of nitrogens with one attached hydrogen (secondary N) is 1. The molecule has 6 nitrogen and oxygen atoms in total. The van der Waals surface area contributed by atoms with Crippen molar-refractivity contribution < 1.29 is 22.7 Å². The van der Waals surface area contributed by atoms with E-state index in [1.165, 1.54) is 12.1 Å². The first-order valence-corrected chi connectivity index (χ1v) is 9.68. The first-order chi connectivity index (χ1) is 12.3. The lowest BCUT2D eigenvalue weighted by Gasteiger charge is -2.13. The van der Waals surface area contributed by atoms with Crippen molar-refractivity contribution in [3.8, 4) is 5.75 Å². The van der Waals surface area contributed by atoms with Crippen molar-refractivity contribution in [2.24, 2.45) is 0 Å². The van der Waals surface area contributed by atoms with Gasteiger partial charge in [-0.1, -0.05) is 31.2 Å². The Balaban J connectivity index is 1.73. The lowest BCUT2D eigenvalue weighted by atomic mass is 9.97. The average molecular weight is 373 g/mol. The second-order valence-corrected chi connectivity index (χ2v) is 8.01. The van der Waals surface area contributed by atoms with Gasteiger partial charge in [0.15, 0.2) is 12.4 Å². The van der Waals surface area contributed by atoms with E-state index in [9.17, 15) is 18.0 Å². The summed E-state index contributed by atoms with van der Waals surface area (Å²) in [7, 11) is -3.95. The summed E-state index contributed by atoms with van der Waals surface area (Å²) in [5.74, 6) is -0.411. The molecule has 0 aliphatic heterocycles. The van der Waals surface area contributed by atoms with E-state index in [2.05, 4.69) is 0 Å². The van der Waals surface area contributed by atoms with Gasteiger partial charge in [-0.25, -0.2) is 13.1 Å². The number of sulfonamides is 1. The number of Topliss-reactive ketones (excluding diaryl/α,β-unsaturated/α-hetero) is 1. The molecule has 3 rings (SSSR count). The molecule has 2 aromatic rings. The molecule has 7 heteroatoms. The molecule has 0 radical (unpaired) electrons. The number of ether oxygens (including phenoxy) is 1. The van der Waals surface area contributed by atoms with E-state index in [1.807, 2.05) is 24.6 Å². The van der Waals surface area contributed by atoms with E-state index < -0.39 is 22.5 Å². The Morgan fingerprint density at radius 2 is 1.88 bits per heavy atom. The zero-order valence-corrected chi connectivity index (χ0v) is 15.3. The number of hydrogen-bond acceptors (Lipinski definition) is 5. The highest BCUT2D eigenvalue weighted by Crippen LogP contribution is 2.40. The fourth-order valence-electron chi connectivity index (χ4n) is 3.21. The van der Waals surface area contributed by atoms with Crippen LogP contribution in [0.3, 0.4) is 0 Å². The van der Waals surface area contributed by atoms with E-state index in [-0.39, 0.29) is 16.6 Å². The Labute approximate surface area is 152 Å². The third-order valence-electron chi connectivity index (χ3n) is 4.35. The minimum absolute atomic E-state index is 0.00594. The fraction of sp³-hybridized carbons (Fsp3) is 0.263. The van der Waals surface area contributed by atoms with Crippen LogP contribution in [0.2, 0.25) is 0 Å². The summed E-state index contributed by atoms with van der Waals surface area (Å²) in [6, 6.07) is 11.1. The molecular formula is C19H19NO5S. The van der Waals surface area contributed by atoms with Gasteiger partial charge in [-0.05, 0) is 42.2 Å². The summed E-state index contributed by atoms with van der Waals surface area (Å²) in [4.78, 5) is 24.2. The Morgan fingerprint density at radius 1 is 1.19 bits per heavy atom. The van der Waals surface area contributed by atoms with Crippen molar-refractivity contribution in [2.45, 2.75) is 31.1 Å². The van der Waals surface area contributed by atoms with Crippen LogP contribution in [-0.2, 0) is 14.8 Å². The topological polar surface area (TPSA) is 89.5 Å². The molecule has 1 atom stereocenters. The summed E-state index contributed by atoms with van der Waals surface area (Å²) < 4.78 is 31.7. The molecule has 1 amide bonds. The molecular weight excluding hydrogens is 354 g/mol. The maximum atomic E-state index is 12.2. The Bertz CT molecular complexity index is 967. The fourth-order valence-corrected chi connectivity index (χ4v) is 4.20. The van der Waals surface area contributed by atoms with Crippen LogP contribution in [0.15, 0.2) is 47.4 Å². The minimum Gasteiger partial charge on any atom is -0.483 e. The lowest BCUT2D eigenvalue weighted by molar-refractivity contribution is -0.121. The third-order valence-corrected chi connectivity index (χ3v) is 5.74. The van der Waals surface area contributed by atoms with Gasteiger partial charge >= 0.3 is 0 Å². The van der Waals surface area contributed by atoms with E-state index in [0.29, 0.717) is 17.7 Å². The van der Waals surface area contributed by atoms with Gasteiger partial charge < -0.3 is 4.74 Å². The van der Waals surface area contributed by atoms with Crippen LogP contribution in [0.4, 0.5) is 0 Å². The predicted molar refractivity (Wildman–Crippen MR) is 95.8 cm³/mol. The van der Waals surface area contributed by atoms with Crippen LogP contribution in [-0.4, -0.2) is 26.7 Å². The zero-order valence-electron chi connectivity index (χ0n) is 14.5. The number of benzene rings is 2. The summed E-state index contributed by atoms with van der Waals surface area (Å²) >= 11 is 0. The van der Waals surface area contributed by atoms with Crippen molar-refractivity contribution in [3.05, 3.63) is 59.2 Å². The molecule has 0 fully saturated rings. The van der Waals surface area contributed by atoms with Crippen molar-refractivity contribution >= 4 is 21.7 Å². The molecule has 0 bridgehead atoms. The number of carbonyl (C=O) groups is 2. The summed E-state index contributed by atoms with van der Waals surface area (Å²) in [5, 5.41) is 0. The standard InChI is InChI=1S/C19H19NO5S/c1-12-8-9-16(19-15(21)10-13(2)18(12)19)25-11-17(22)20-26(23,24)14-6-4-3-5-7-14/h3-9,13H,10-11H2,1-2H3,(H,20,22). The highest BCUT2D eigenvalue weighted by Gasteiger charge is 2.31. The molecule has 0 aromatic heterocycles. The maximum absolute atomic E-state index is 12.2. The molecule has 0 saturated heterocycles. The average Bonchev–Trinajstić information content (AvgIpc) is 2.90. The summed E-state index contributed by atoms with van der Waals surface area (Å²) in [6.45, 7) is 3.40. The smallest absolute Gasteiger partial charge is 0.271 e. The molecule has 26 heavy (non-hydrogen) atoms. The van der Waals surface area contributed by atoms with E-state index in [4.69, 9.17) is 4.74 Å². The van der Waals surface area contributed by atoms with Crippen LogP contribution < -0.4 is 9.46 Å². The first-order valence-electron chi connectivity index (χ1n) is 8.20. The number of aryl methyl sites for hydroxylation is 1. The number of amides is 1. The Hall–Kier alpha value is -2.67. The second-order valence-electron chi connectivity index (χ2n) is 6.33. The monoisotopic (exact) mass is 373 g/mol. The van der Waals surface area contributed by atoms with Crippen molar-refractivity contribution in [1.29, 1.82) is 0 Å². The Kier molecular flexibility index (Phi) is 4.82. The Morgan fingerprint density at radius 3 is 2.58 bits per heavy atom. The molecule has 0 saturated carbocycles.